The molecule has 1 aliphatic heterocycles. The molecule has 1 heterocycles. The van der Waals surface area contributed by atoms with Crippen LogP contribution in [0.5, 0.6) is 0 Å². The highest BCUT2D eigenvalue weighted by Crippen LogP contribution is 2.29. The summed E-state index contributed by atoms with van der Waals surface area (Å²) < 4.78 is 0. The molecule has 5 rings (SSSR count). The molecule has 0 atom stereocenters. The number of hydrogen-bond acceptors (Lipinski definition) is 3. The Balaban J connectivity index is 1.22. The van der Waals surface area contributed by atoms with Gasteiger partial charge in [-0.1, -0.05) is 84.9 Å². The van der Waals surface area contributed by atoms with Crippen LogP contribution >= 0.6 is 0 Å². The summed E-state index contributed by atoms with van der Waals surface area (Å²) in [5.41, 5.74) is 5.56. The van der Waals surface area contributed by atoms with Gasteiger partial charge in [0.2, 0.25) is 0 Å². The number of piperazine rings is 1. The molecule has 0 bridgehead atoms. The second-order valence-corrected chi connectivity index (χ2v) is 10.6. The third-order valence-electron chi connectivity index (χ3n) is 7.74. The van der Waals surface area contributed by atoms with Crippen LogP contribution in [0.25, 0.3) is 0 Å². The van der Waals surface area contributed by atoms with Gasteiger partial charge in [-0.2, -0.15) is 0 Å². The fourth-order valence-corrected chi connectivity index (χ4v) is 5.65. The van der Waals surface area contributed by atoms with Crippen LogP contribution in [0.2, 0.25) is 0 Å². The van der Waals surface area contributed by atoms with Gasteiger partial charge in [0, 0.05) is 55.1 Å². The maximum Gasteiger partial charge on any atom is 0.258 e. The summed E-state index contributed by atoms with van der Waals surface area (Å²) in [7, 11) is 0. The van der Waals surface area contributed by atoms with Crippen LogP contribution in [0.3, 0.4) is 0 Å². The van der Waals surface area contributed by atoms with Crippen LogP contribution < -0.4 is 9.80 Å². The summed E-state index contributed by atoms with van der Waals surface area (Å²) in [6.45, 7) is 9.17. The molecule has 0 aromatic heterocycles. The van der Waals surface area contributed by atoms with Gasteiger partial charge < -0.3 is 9.80 Å². The molecule has 1 aliphatic rings. The lowest BCUT2D eigenvalue weighted by Gasteiger charge is -2.37. The summed E-state index contributed by atoms with van der Waals surface area (Å²) in [5.74, 6) is 0.450. The first kappa shape index (κ1) is 26.7. The first-order valence-corrected chi connectivity index (χ1v) is 14.2. The highest BCUT2D eigenvalue weighted by molar-refractivity contribution is 6.07. The minimum atomic E-state index is 0.0459. The molecule has 0 N–H and O–H groups in total. The fourth-order valence-electron chi connectivity index (χ4n) is 5.65. The maximum absolute atomic E-state index is 13.6. The van der Waals surface area contributed by atoms with Crippen molar-refractivity contribution < 1.29 is 4.79 Å². The third-order valence-corrected chi connectivity index (χ3v) is 7.74. The van der Waals surface area contributed by atoms with E-state index < -0.39 is 0 Å². The van der Waals surface area contributed by atoms with Crippen molar-refractivity contribution in [2.75, 3.05) is 42.5 Å². The Labute approximate surface area is 233 Å². The fraction of sp³-hybridized carbons (Fsp3) is 0.286. The van der Waals surface area contributed by atoms with E-state index in [2.05, 4.69) is 96.4 Å². The number of nitrogens with zero attached hydrogens (tertiary/aromatic N) is 3. The average Bonchev–Trinajstić information content (AvgIpc) is 2.99. The molecule has 0 radical (unpaired) electrons. The summed E-state index contributed by atoms with van der Waals surface area (Å²) in [6, 6.07) is 39.9. The van der Waals surface area contributed by atoms with E-state index >= 15 is 0 Å². The molecule has 200 valence electrons. The quantitative estimate of drug-likeness (QED) is 0.237. The molecular weight excluding hydrogens is 478 g/mol. The Hall–Kier alpha value is -3.89. The summed E-state index contributed by atoms with van der Waals surface area (Å²) in [4.78, 5) is 20.4. The number of carbonyl (C=O) groups is 1. The van der Waals surface area contributed by atoms with Gasteiger partial charge in [-0.25, -0.2) is 0 Å². The van der Waals surface area contributed by atoms with E-state index in [0.29, 0.717) is 5.92 Å². The minimum absolute atomic E-state index is 0.0459. The lowest BCUT2D eigenvalue weighted by molar-refractivity contribution is 0.0980. The smallest absolute Gasteiger partial charge is 0.258 e. The predicted molar refractivity (Wildman–Crippen MR) is 163 cm³/mol. The Morgan fingerprint density at radius 2 is 1.28 bits per heavy atom. The van der Waals surface area contributed by atoms with Crippen LogP contribution in [0, 0.1) is 0 Å². The zero-order chi connectivity index (χ0) is 27.0. The van der Waals surface area contributed by atoms with Crippen LogP contribution in [-0.4, -0.2) is 49.6 Å². The number of amides is 1. The first-order chi connectivity index (χ1) is 19.1. The second-order valence-electron chi connectivity index (χ2n) is 10.6. The van der Waals surface area contributed by atoms with Crippen molar-refractivity contribution in [2.45, 2.75) is 32.2 Å². The SMILES string of the molecule is CC(C)N(C(=O)c1cccc(N2CCN(CCC(c3ccccc3)c3ccccc3)CC2)c1)c1ccccc1. The minimum Gasteiger partial charge on any atom is -0.369 e. The van der Waals surface area contributed by atoms with Crippen molar-refractivity contribution in [3.8, 4) is 0 Å². The largest absolute Gasteiger partial charge is 0.369 e. The molecule has 1 fully saturated rings. The normalized spacial score (nSPS) is 14.1. The van der Waals surface area contributed by atoms with Crippen molar-refractivity contribution >= 4 is 17.3 Å². The third kappa shape index (κ3) is 6.58. The van der Waals surface area contributed by atoms with E-state index in [1.807, 2.05) is 47.4 Å². The van der Waals surface area contributed by atoms with Gasteiger partial charge in [0.25, 0.3) is 5.91 Å². The van der Waals surface area contributed by atoms with Crippen LogP contribution in [-0.2, 0) is 0 Å². The second kappa shape index (κ2) is 12.8. The van der Waals surface area contributed by atoms with Gasteiger partial charge in [-0.15, -0.1) is 0 Å². The standard InChI is InChI=1S/C35H39N3O/c1-28(2)38(32-18-10-5-11-19-32)35(39)31-17-12-20-33(27-31)37-25-23-36(24-26-37)22-21-34(29-13-6-3-7-14-29)30-15-8-4-9-16-30/h3-20,27-28,34H,21-26H2,1-2H3. The molecule has 0 unspecified atom stereocenters. The van der Waals surface area contributed by atoms with Crippen molar-refractivity contribution in [3.63, 3.8) is 0 Å². The number of rotatable bonds is 9. The van der Waals surface area contributed by atoms with E-state index in [0.717, 1.165) is 56.1 Å². The summed E-state index contributed by atoms with van der Waals surface area (Å²) >= 11 is 0. The van der Waals surface area contributed by atoms with E-state index in [1.54, 1.807) is 0 Å². The summed E-state index contributed by atoms with van der Waals surface area (Å²) in [6.07, 6.45) is 1.10. The Morgan fingerprint density at radius 1 is 0.718 bits per heavy atom. The van der Waals surface area contributed by atoms with E-state index in [4.69, 9.17) is 0 Å². The maximum atomic E-state index is 13.6. The van der Waals surface area contributed by atoms with Crippen molar-refractivity contribution in [1.29, 1.82) is 0 Å². The number of hydrogen-bond donors (Lipinski definition) is 0. The first-order valence-electron chi connectivity index (χ1n) is 14.2. The molecule has 39 heavy (non-hydrogen) atoms. The highest BCUT2D eigenvalue weighted by atomic mass is 16.2. The zero-order valence-corrected chi connectivity index (χ0v) is 23.1. The number of benzene rings is 4. The van der Waals surface area contributed by atoms with Crippen LogP contribution in [0.15, 0.2) is 115 Å². The monoisotopic (exact) mass is 517 g/mol. The molecule has 0 spiro atoms. The molecular formula is C35H39N3O. The van der Waals surface area contributed by atoms with Crippen molar-refractivity contribution in [3.05, 3.63) is 132 Å². The molecule has 4 aromatic rings. The van der Waals surface area contributed by atoms with Gasteiger partial charge in [0.1, 0.15) is 0 Å². The van der Waals surface area contributed by atoms with E-state index in [9.17, 15) is 4.79 Å². The Morgan fingerprint density at radius 3 is 1.85 bits per heavy atom. The van der Waals surface area contributed by atoms with Gasteiger partial charge in [0.15, 0.2) is 0 Å². The molecule has 0 saturated carbocycles. The predicted octanol–water partition coefficient (Wildman–Crippen LogP) is 7.09. The van der Waals surface area contributed by atoms with Gasteiger partial charge >= 0.3 is 0 Å². The van der Waals surface area contributed by atoms with E-state index in [-0.39, 0.29) is 11.9 Å². The number of para-hydroxylation sites is 1. The van der Waals surface area contributed by atoms with Gasteiger partial charge in [-0.3, -0.25) is 9.69 Å². The molecule has 0 aliphatic carbocycles. The average molecular weight is 518 g/mol. The zero-order valence-electron chi connectivity index (χ0n) is 23.1. The van der Waals surface area contributed by atoms with Crippen LogP contribution in [0.1, 0.15) is 47.7 Å². The number of anilines is 2. The molecule has 1 amide bonds. The topological polar surface area (TPSA) is 26.8 Å². The lowest BCUT2D eigenvalue weighted by Crippen LogP contribution is -2.47. The molecule has 4 heteroatoms. The Bertz CT molecular complexity index is 1280. The molecule has 1 saturated heterocycles. The molecule has 4 aromatic carbocycles. The molecule has 4 nitrogen and oxygen atoms in total. The summed E-state index contributed by atoms with van der Waals surface area (Å²) in [5, 5.41) is 0. The lowest BCUT2D eigenvalue weighted by atomic mass is 9.88. The van der Waals surface area contributed by atoms with Crippen LogP contribution in [0.4, 0.5) is 11.4 Å². The van der Waals surface area contributed by atoms with Crippen molar-refractivity contribution in [1.82, 2.24) is 4.90 Å². The van der Waals surface area contributed by atoms with Gasteiger partial charge in [0.05, 0.1) is 0 Å². The Kier molecular flexibility index (Phi) is 8.75. The van der Waals surface area contributed by atoms with Crippen molar-refractivity contribution in [2.24, 2.45) is 0 Å². The van der Waals surface area contributed by atoms with E-state index in [1.165, 1.54) is 11.1 Å². The number of carbonyl (C=O) groups excluding carboxylic acids is 1. The highest BCUT2D eigenvalue weighted by Gasteiger charge is 2.23. The van der Waals surface area contributed by atoms with Gasteiger partial charge in [-0.05, 0) is 68.3 Å².